The summed E-state index contributed by atoms with van der Waals surface area (Å²) in [6.07, 6.45) is 4.05. The van der Waals surface area contributed by atoms with Gasteiger partial charge in [0, 0.05) is 23.1 Å². The third kappa shape index (κ3) is 2.79. The Bertz CT molecular complexity index is 530. The summed E-state index contributed by atoms with van der Waals surface area (Å²) in [6.45, 7) is 0. The van der Waals surface area contributed by atoms with Gasteiger partial charge in [-0.1, -0.05) is 29.8 Å². The number of hydrogen-bond donors (Lipinski definition) is 3. The first kappa shape index (κ1) is 12.8. The average Bonchev–Trinajstić information content (AvgIpc) is 2.39. The van der Waals surface area contributed by atoms with Gasteiger partial charge < -0.3 is 5.73 Å². The minimum Gasteiger partial charge on any atom is -0.398 e. The standard InChI is InChI=1S/C13H15ClN4/c14-11-4-2-1-3-10(11)13(18-16)7-9-8-17-6-5-12(9)15/h1-6,8,13,18H,7,16H2,(H2,15,17). The maximum atomic E-state index is 6.16. The number of halogens is 1. The number of hydrazine groups is 1. The molecule has 0 amide bonds. The molecule has 0 saturated carbocycles. The highest BCUT2D eigenvalue weighted by Gasteiger charge is 2.14. The Kier molecular flexibility index (Phi) is 4.15. The monoisotopic (exact) mass is 262 g/mol. The number of nitrogens with zero attached hydrogens (tertiary/aromatic N) is 1. The molecule has 5 N–H and O–H groups in total. The lowest BCUT2D eigenvalue weighted by molar-refractivity contribution is 0.552. The number of nitrogens with one attached hydrogen (secondary N) is 1. The highest BCUT2D eigenvalue weighted by Crippen LogP contribution is 2.26. The lowest BCUT2D eigenvalue weighted by Gasteiger charge is -2.18. The van der Waals surface area contributed by atoms with Gasteiger partial charge in [0.15, 0.2) is 0 Å². The molecule has 1 heterocycles. The van der Waals surface area contributed by atoms with Crippen LogP contribution < -0.4 is 17.0 Å². The van der Waals surface area contributed by atoms with Gasteiger partial charge in [0.2, 0.25) is 0 Å². The quantitative estimate of drug-likeness (QED) is 0.582. The minimum atomic E-state index is -0.0924. The van der Waals surface area contributed by atoms with Crippen molar-refractivity contribution < 1.29 is 0 Å². The molecule has 0 saturated heterocycles. The molecule has 18 heavy (non-hydrogen) atoms. The molecule has 2 aromatic rings. The fraction of sp³-hybridized carbons (Fsp3) is 0.154. The predicted molar refractivity (Wildman–Crippen MR) is 73.9 cm³/mol. The fourth-order valence-electron chi connectivity index (χ4n) is 1.84. The molecule has 4 nitrogen and oxygen atoms in total. The number of nitrogen functional groups attached to an aromatic ring is 1. The van der Waals surface area contributed by atoms with Crippen LogP contribution in [0.1, 0.15) is 17.2 Å². The minimum absolute atomic E-state index is 0.0924. The van der Waals surface area contributed by atoms with Crippen LogP contribution in [0.5, 0.6) is 0 Å². The number of rotatable bonds is 4. The first-order valence-corrected chi connectivity index (χ1v) is 5.99. The average molecular weight is 263 g/mol. The van der Waals surface area contributed by atoms with Crippen molar-refractivity contribution in [2.24, 2.45) is 5.84 Å². The van der Waals surface area contributed by atoms with E-state index in [1.54, 1.807) is 18.5 Å². The largest absolute Gasteiger partial charge is 0.398 e. The second-order valence-electron chi connectivity index (χ2n) is 4.02. The summed E-state index contributed by atoms with van der Waals surface area (Å²) in [6, 6.07) is 9.28. The Labute approximate surface area is 111 Å². The van der Waals surface area contributed by atoms with E-state index in [-0.39, 0.29) is 6.04 Å². The summed E-state index contributed by atoms with van der Waals surface area (Å²) < 4.78 is 0. The number of pyridine rings is 1. The molecule has 0 spiro atoms. The number of aromatic nitrogens is 1. The summed E-state index contributed by atoms with van der Waals surface area (Å²) in [5.41, 5.74) is 11.3. The van der Waals surface area contributed by atoms with Gasteiger partial charge in [-0.3, -0.25) is 16.3 Å². The maximum Gasteiger partial charge on any atom is 0.0516 e. The lowest BCUT2D eigenvalue weighted by atomic mass is 9.99. The maximum absolute atomic E-state index is 6.16. The van der Waals surface area contributed by atoms with Gasteiger partial charge >= 0.3 is 0 Å². The molecule has 1 aromatic carbocycles. The molecule has 0 aliphatic rings. The van der Waals surface area contributed by atoms with Crippen molar-refractivity contribution in [3.63, 3.8) is 0 Å². The third-order valence-corrected chi connectivity index (χ3v) is 3.19. The van der Waals surface area contributed by atoms with Gasteiger partial charge in [-0.05, 0) is 29.7 Å². The van der Waals surface area contributed by atoms with Gasteiger partial charge in [-0.15, -0.1) is 0 Å². The topological polar surface area (TPSA) is 77.0 Å². The van der Waals surface area contributed by atoms with Crippen LogP contribution in [0.25, 0.3) is 0 Å². The van der Waals surface area contributed by atoms with Crippen LogP contribution in [-0.2, 0) is 6.42 Å². The van der Waals surface area contributed by atoms with Crippen LogP contribution in [-0.4, -0.2) is 4.98 Å². The van der Waals surface area contributed by atoms with Crippen LogP contribution in [0.4, 0.5) is 5.69 Å². The summed E-state index contributed by atoms with van der Waals surface area (Å²) in [5.74, 6) is 5.60. The molecule has 1 unspecified atom stereocenters. The van der Waals surface area contributed by atoms with Crippen molar-refractivity contribution in [1.29, 1.82) is 0 Å². The number of anilines is 1. The molecule has 1 atom stereocenters. The molecular weight excluding hydrogens is 248 g/mol. The van der Waals surface area contributed by atoms with Crippen molar-refractivity contribution in [2.75, 3.05) is 5.73 Å². The molecule has 2 rings (SSSR count). The summed E-state index contributed by atoms with van der Waals surface area (Å²) in [4.78, 5) is 4.07. The van der Waals surface area contributed by atoms with Crippen molar-refractivity contribution in [2.45, 2.75) is 12.5 Å². The van der Waals surface area contributed by atoms with Crippen LogP contribution in [0.15, 0.2) is 42.7 Å². The number of hydrogen-bond acceptors (Lipinski definition) is 4. The lowest BCUT2D eigenvalue weighted by Crippen LogP contribution is -2.30. The first-order chi connectivity index (χ1) is 8.72. The van der Waals surface area contributed by atoms with E-state index in [4.69, 9.17) is 23.2 Å². The van der Waals surface area contributed by atoms with Gasteiger partial charge in [0.25, 0.3) is 0 Å². The van der Waals surface area contributed by atoms with E-state index in [0.717, 1.165) is 11.1 Å². The molecule has 0 aliphatic carbocycles. The molecule has 0 aliphatic heterocycles. The third-order valence-electron chi connectivity index (χ3n) is 2.85. The molecule has 0 radical (unpaired) electrons. The van der Waals surface area contributed by atoms with Crippen molar-refractivity contribution in [3.8, 4) is 0 Å². The summed E-state index contributed by atoms with van der Waals surface area (Å²) in [5, 5.41) is 0.683. The van der Waals surface area contributed by atoms with E-state index in [2.05, 4.69) is 10.4 Å². The normalized spacial score (nSPS) is 12.3. The fourth-order valence-corrected chi connectivity index (χ4v) is 2.11. The predicted octanol–water partition coefficient (Wildman–Crippen LogP) is 2.06. The first-order valence-electron chi connectivity index (χ1n) is 5.61. The Balaban J connectivity index is 2.26. The smallest absolute Gasteiger partial charge is 0.0516 e. The van der Waals surface area contributed by atoms with E-state index in [0.29, 0.717) is 17.1 Å². The molecule has 0 fully saturated rings. The molecular formula is C13H15ClN4. The summed E-state index contributed by atoms with van der Waals surface area (Å²) in [7, 11) is 0. The summed E-state index contributed by atoms with van der Waals surface area (Å²) >= 11 is 6.16. The van der Waals surface area contributed by atoms with E-state index >= 15 is 0 Å². The van der Waals surface area contributed by atoms with Gasteiger partial charge in [-0.25, -0.2) is 0 Å². The SMILES string of the molecule is NNC(Cc1cnccc1N)c1ccccc1Cl. The molecule has 94 valence electrons. The van der Waals surface area contributed by atoms with Crippen molar-refractivity contribution in [3.05, 3.63) is 58.9 Å². The Morgan fingerprint density at radius 3 is 2.72 bits per heavy atom. The second kappa shape index (κ2) is 5.82. The Morgan fingerprint density at radius 2 is 2.06 bits per heavy atom. The Morgan fingerprint density at radius 1 is 1.28 bits per heavy atom. The van der Waals surface area contributed by atoms with Crippen LogP contribution in [0.3, 0.4) is 0 Å². The number of benzene rings is 1. The van der Waals surface area contributed by atoms with Crippen LogP contribution in [0, 0.1) is 0 Å². The zero-order valence-electron chi connectivity index (χ0n) is 9.81. The highest BCUT2D eigenvalue weighted by atomic mass is 35.5. The van der Waals surface area contributed by atoms with Crippen LogP contribution >= 0.6 is 11.6 Å². The van der Waals surface area contributed by atoms with E-state index in [1.807, 2.05) is 24.3 Å². The molecule has 1 aromatic heterocycles. The number of nitrogens with two attached hydrogens (primary N) is 2. The second-order valence-corrected chi connectivity index (χ2v) is 4.43. The van der Waals surface area contributed by atoms with Crippen molar-refractivity contribution in [1.82, 2.24) is 10.4 Å². The Hall–Kier alpha value is -1.62. The zero-order chi connectivity index (χ0) is 13.0. The van der Waals surface area contributed by atoms with E-state index < -0.39 is 0 Å². The van der Waals surface area contributed by atoms with Crippen molar-refractivity contribution >= 4 is 17.3 Å². The zero-order valence-corrected chi connectivity index (χ0v) is 10.6. The molecule has 0 bridgehead atoms. The van der Waals surface area contributed by atoms with E-state index in [1.165, 1.54) is 0 Å². The highest BCUT2D eigenvalue weighted by molar-refractivity contribution is 6.31. The van der Waals surface area contributed by atoms with E-state index in [9.17, 15) is 0 Å². The van der Waals surface area contributed by atoms with Gasteiger partial charge in [-0.2, -0.15) is 0 Å². The van der Waals surface area contributed by atoms with Gasteiger partial charge in [0.05, 0.1) is 6.04 Å². The molecule has 5 heteroatoms. The van der Waals surface area contributed by atoms with Crippen LogP contribution in [0.2, 0.25) is 5.02 Å². The van der Waals surface area contributed by atoms with Gasteiger partial charge in [0.1, 0.15) is 0 Å².